The largest absolute Gasteiger partial charge is 0.351 e. The van der Waals surface area contributed by atoms with Crippen molar-refractivity contribution < 1.29 is 9.79 Å². The Morgan fingerprint density at radius 3 is 2.74 bits per heavy atom. The zero-order chi connectivity index (χ0) is 13.2. The minimum Gasteiger partial charge on any atom is -0.271 e. The third kappa shape index (κ3) is 2.73. The van der Waals surface area contributed by atoms with E-state index in [1.807, 2.05) is 0 Å². The molecule has 1 aromatic carbocycles. The van der Waals surface area contributed by atoms with Crippen molar-refractivity contribution >= 4 is 23.5 Å². The Bertz CT molecular complexity index is 512. The van der Waals surface area contributed by atoms with Crippen LogP contribution in [0.5, 0.6) is 0 Å². The monoisotopic (exact) mass is 278 g/mol. The summed E-state index contributed by atoms with van der Waals surface area (Å²) in [6.45, 7) is 0. The Morgan fingerprint density at radius 1 is 1.26 bits per heavy atom. The van der Waals surface area contributed by atoms with Gasteiger partial charge in [-0.05, 0) is 49.9 Å². The molecule has 1 fully saturated rings. The number of carbonyl (C=O) groups is 1. The molecule has 0 radical (unpaired) electrons. The van der Waals surface area contributed by atoms with Crippen LogP contribution >= 0.6 is 11.6 Å². The van der Waals surface area contributed by atoms with Crippen LogP contribution in [0.2, 0.25) is 5.02 Å². The minimum atomic E-state index is -0.120. The van der Waals surface area contributed by atoms with Crippen LogP contribution in [0.15, 0.2) is 24.3 Å². The summed E-state index contributed by atoms with van der Waals surface area (Å²) >= 11 is 5.81. The van der Waals surface area contributed by atoms with Gasteiger partial charge < -0.3 is 0 Å². The molecular weight excluding hydrogens is 262 g/mol. The molecule has 4 nitrogen and oxygen atoms in total. The van der Waals surface area contributed by atoms with Gasteiger partial charge in [0.1, 0.15) is 12.1 Å². The Morgan fingerprint density at radius 2 is 2.00 bits per heavy atom. The van der Waals surface area contributed by atoms with Gasteiger partial charge in [-0.2, -0.15) is 0 Å². The van der Waals surface area contributed by atoms with Crippen LogP contribution in [-0.2, 0) is 0 Å². The first-order chi connectivity index (χ1) is 9.22. The zero-order valence-electron chi connectivity index (χ0n) is 10.6. The van der Waals surface area contributed by atoms with Gasteiger partial charge in [-0.15, -0.1) is 0 Å². The smallest absolute Gasteiger partial charge is 0.271 e. The van der Waals surface area contributed by atoms with Crippen molar-refractivity contribution in [3.8, 4) is 0 Å². The number of halogens is 1. The summed E-state index contributed by atoms with van der Waals surface area (Å²) in [6.07, 6.45) is 4.85. The van der Waals surface area contributed by atoms with Crippen molar-refractivity contribution in [2.75, 3.05) is 0 Å². The third-order valence-corrected chi connectivity index (χ3v) is 4.02. The van der Waals surface area contributed by atoms with E-state index >= 15 is 0 Å². The maximum absolute atomic E-state index is 12.1. The van der Waals surface area contributed by atoms with Gasteiger partial charge >= 0.3 is 11.9 Å². The first-order valence-corrected chi connectivity index (χ1v) is 7.07. The lowest BCUT2D eigenvalue weighted by molar-refractivity contribution is -0.500. The number of rotatable bonds is 1. The highest BCUT2D eigenvalue weighted by Crippen LogP contribution is 2.17. The average molecular weight is 279 g/mol. The molecule has 5 heteroatoms. The lowest BCUT2D eigenvalue weighted by atomic mass is 9.92. The number of fused-ring (bicyclic) bond motifs is 1. The van der Waals surface area contributed by atoms with Crippen molar-refractivity contribution in [2.45, 2.75) is 37.8 Å². The fourth-order valence-corrected chi connectivity index (χ4v) is 2.87. The van der Waals surface area contributed by atoms with Crippen molar-refractivity contribution in [1.82, 2.24) is 10.6 Å². The van der Waals surface area contributed by atoms with Crippen LogP contribution in [0, 0.1) is 0 Å². The average Bonchev–Trinajstić information content (AvgIpc) is 2.81. The molecule has 1 amide bonds. The van der Waals surface area contributed by atoms with E-state index in [1.54, 1.807) is 24.3 Å². The second-order valence-electron chi connectivity index (χ2n) is 5.12. The van der Waals surface area contributed by atoms with E-state index in [-0.39, 0.29) is 5.91 Å². The van der Waals surface area contributed by atoms with Gasteiger partial charge in [-0.1, -0.05) is 11.6 Å². The topological polar surface area (TPSA) is 55.1 Å². The Labute approximate surface area is 117 Å². The highest BCUT2D eigenvalue weighted by atomic mass is 35.5. The number of carbonyl (C=O) groups excluding carboxylic acids is 1. The first-order valence-electron chi connectivity index (χ1n) is 6.69. The Hall–Kier alpha value is -1.55. The second-order valence-corrected chi connectivity index (χ2v) is 5.56. The minimum absolute atomic E-state index is 0.120. The summed E-state index contributed by atoms with van der Waals surface area (Å²) < 4.78 is 0. The van der Waals surface area contributed by atoms with E-state index in [2.05, 4.69) is 15.6 Å². The first kappa shape index (κ1) is 12.5. The number of benzene rings is 1. The predicted molar refractivity (Wildman–Crippen MR) is 74.1 cm³/mol. The second kappa shape index (κ2) is 5.21. The molecule has 0 spiro atoms. The fraction of sp³-hybridized carbons (Fsp3) is 0.429. The van der Waals surface area contributed by atoms with Crippen LogP contribution < -0.4 is 15.6 Å². The molecule has 0 unspecified atom stereocenters. The lowest BCUT2D eigenvalue weighted by Crippen LogP contribution is -2.80. The summed E-state index contributed by atoms with van der Waals surface area (Å²) in [5.41, 5.74) is 0.607. The maximum Gasteiger partial charge on any atom is 0.351 e. The molecular formula is C14H17ClN3O+. The molecule has 0 aromatic heterocycles. The van der Waals surface area contributed by atoms with Gasteiger partial charge in [-0.3, -0.25) is 15.1 Å². The summed E-state index contributed by atoms with van der Waals surface area (Å²) in [7, 11) is 0. The number of guanidine groups is 1. The van der Waals surface area contributed by atoms with E-state index < -0.39 is 0 Å². The van der Waals surface area contributed by atoms with E-state index in [0.29, 0.717) is 22.7 Å². The molecule has 1 heterocycles. The number of hydrogen-bond acceptors (Lipinski definition) is 2. The molecule has 1 aromatic rings. The number of amides is 1. The van der Waals surface area contributed by atoms with Crippen molar-refractivity contribution in [3.63, 3.8) is 0 Å². The summed E-state index contributed by atoms with van der Waals surface area (Å²) in [4.78, 5) is 15.4. The van der Waals surface area contributed by atoms with Crippen LogP contribution in [0.3, 0.4) is 0 Å². The standard InChI is InChI=1S/C14H16ClN3O/c15-10-7-5-9(6-8-10)13(19)18-14-16-11-3-1-2-4-12(11)17-14/h5-8,11-12H,1-4H2,(H2,16,17,18,19)/p+1/t11-,12-/m0/s1. The molecule has 3 N–H and O–H groups in total. The summed E-state index contributed by atoms with van der Waals surface area (Å²) in [5.74, 6) is 0.613. The van der Waals surface area contributed by atoms with Gasteiger partial charge in [-0.25, -0.2) is 5.32 Å². The zero-order valence-corrected chi connectivity index (χ0v) is 11.3. The predicted octanol–water partition coefficient (Wildman–Crippen LogP) is 0.421. The molecule has 1 saturated carbocycles. The van der Waals surface area contributed by atoms with Crippen LogP contribution in [-0.4, -0.2) is 24.0 Å². The van der Waals surface area contributed by atoms with Crippen LogP contribution in [0.4, 0.5) is 0 Å². The number of nitrogens with one attached hydrogen (secondary N) is 3. The quantitative estimate of drug-likeness (QED) is 0.697. The van der Waals surface area contributed by atoms with Crippen LogP contribution in [0.25, 0.3) is 0 Å². The fourth-order valence-electron chi connectivity index (χ4n) is 2.75. The molecule has 19 heavy (non-hydrogen) atoms. The van der Waals surface area contributed by atoms with E-state index in [1.165, 1.54) is 12.8 Å². The maximum atomic E-state index is 12.1. The van der Waals surface area contributed by atoms with E-state index in [9.17, 15) is 4.79 Å². The molecule has 2 atom stereocenters. The molecule has 1 aliphatic heterocycles. The molecule has 1 aliphatic carbocycles. The molecule has 3 rings (SSSR count). The van der Waals surface area contributed by atoms with E-state index in [0.717, 1.165) is 18.8 Å². The molecule has 0 bridgehead atoms. The van der Waals surface area contributed by atoms with Gasteiger partial charge in [0.2, 0.25) is 0 Å². The normalized spacial score (nSPS) is 25.2. The van der Waals surface area contributed by atoms with Crippen molar-refractivity contribution in [1.29, 1.82) is 0 Å². The molecule has 0 saturated heterocycles. The number of hydrogen-bond donors (Lipinski definition) is 3. The van der Waals surface area contributed by atoms with Crippen molar-refractivity contribution in [3.05, 3.63) is 34.9 Å². The van der Waals surface area contributed by atoms with Gasteiger partial charge in [0.05, 0.1) is 5.56 Å². The van der Waals surface area contributed by atoms with Gasteiger partial charge in [0.25, 0.3) is 0 Å². The summed E-state index contributed by atoms with van der Waals surface area (Å²) in [6, 6.07) is 7.79. The van der Waals surface area contributed by atoms with Gasteiger partial charge in [0, 0.05) is 5.02 Å². The molecule has 100 valence electrons. The SMILES string of the molecule is O=C(NC1=[NH+][C@H]2CCCC[C@@H]2N1)c1ccc(Cl)cc1. The summed E-state index contributed by atoms with van der Waals surface area (Å²) in [5, 5.41) is 6.87. The Kier molecular flexibility index (Phi) is 3.42. The van der Waals surface area contributed by atoms with Crippen molar-refractivity contribution in [2.24, 2.45) is 0 Å². The Balaban J connectivity index is 1.65. The lowest BCUT2D eigenvalue weighted by Gasteiger charge is -2.19. The van der Waals surface area contributed by atoms with Crippen LogP contribution in [0.1, 0.15) is 36.0 Å². The highest BCUT2D eigenvalue weighted by Gasteiger charge is 2.36. The van der Waals surface area contributed by atoms with Gasteiger partial charge in [0.15, 0.2) is 0 Å². The highest BCUT2D eigenvalue weighted by molar-refractivity contribution is 6.30. The third-order valence-electron chi connectivity index (χ3n) is 3.77. The molecule has 2 aliphatic rings. The van der Waals surface area contributed by atoms with E-state index in [4.69, 9.17) is 11.6 Å².